The van der Waals surface area contributed by atoms with Crippen LogP contribution >= 0.6 is 0 Å². The molecule has 0 aromatic heterocycles. The smallest absolute Gasteiger partial charge is 0.323 e. The van der Waals surface area contributed by atoms with Crippen molar-refractivity contribution in [1.29, 1.82) is 0 Å². The normalized spacial score (nSPS) is 14.3. The molecular formula is C16H33NO2. The van der Waals surface area contributed by atoms with Crippen LogP contribution in [0, 0.1) is 5.41 Å². The van der Waals surface area contributed by atoms with Gasteiger partial charge in [-0.25, -0.2) is 0 Å². The molecule has 0 saturated heterocycles. The lowest BCUT2D eigenvalue weighted by atomic mass is 9.86. The molecule has 0 aliphatic heterocycles. The van der Waals surface area contributed by atoms with E-state index in [1.165, 1.54) is 25.7 Å². The Morgan fingerprint density at radius 1 is 1.16 bits per heavy atom. The zero-order valence-electron chi connectivity index (χ0n) is 13.9. The van der Waals surface area contributed by atoms with Gasteiger partial charge in [-0.1, -0.05) is 40.0 Å². The van der Waals surface area contributed by atoms with Crippen molar-refractivity contribution in [3.63, 3.8) is 0 Å². The molecule has 1 unspecified atom stereocenters. The maximum absolute atomic E-state index is 11.9. The van der Waals surface area contributed by atoms with Crippen molar-refractivity contribution in [2.24, 2.45) is 5.41 Å². The maximum Gasteiger partial charge on any atom is 0.323 e. The van der Waals surface area contributed by atoms with Crippen LogP contribution in [0.1, 0.15) is 74.1 Å². The van der Waals surface area contributed by atoms with E-state index in [1.807, 2.05) is 27.7 Å². The van der Waals surface area contributed by atoms with E-state index >= 15 is 0 Å². The van der Waals surface area contributed by atoms with Gasteiger partial charge in [-0.15, -0.1) is 0 Å². The van der Waals surface area contributed by atoms with Crippen LogP contribution in [0.4, 0.5) is 0 Å². The predicted molar refractivity (Wildman–Crippen MR) is 81.2 cm³/mol. The molecule has 0 aliphatic carbocycles. The van der Waals surface area contributed by atoms with Crippen molar-refractivity contribution in [3.8, 4) is 0 Å². The van der Waals surface area contributed by atoms with Crippen LogP contribution in [0.5, 0.6) is 0 Å². The fraction of sp³-hybridized carbons (Fsp3) is 0.938. The Morgan fingerprint density at radius 3 is 2.21 bits per heavy atom. The van der Waals surface area contributed by atoms with Crippen LogP contribution < -0.4 is 5.32 Å². The minimum absolute atomic E-state index is 0.170. The molecule has 3 nitrogen and oxygen atoms in total. The van der Waals surface area contributed by atoms with Gasteiger partial charge in [0.2, 0.25) is 0 Å². The Kier molecular flexibility index (Phi) is 7.65. The van der Waals surface area contributed by atoms with Gasteiger partial charge < -0.3 is 10.1 Å². The van der Waals surface area contributed by atoms with Crippen LogP contribution in [-0.4, -0.2) is 24.2 Å². The Hall–Kier alpha value is -0.570. The van der Waals surface area contributed by atoms with Crippen molar-refractivity contribution in [2.45, 2.75) is 85.8 Å². The number of ether oxygens (including phenoxy) is 1. The SMILES string of the molecule is CCCCCC(C)(C)CNC(C)C(=O)OC(C)(C)C. The highest BCUT2D eigenvalue weighted by molar-refractivity contribution is 5.75. The molecule has 0 fully saturated rings. The van der Waals surface area contributed by atoms with E-state index in [0.717, 1.165) is 6.54 Å². The van der Waals surface area contributed by atoms with Crippen LogP contribution in [-0.2, 0) is 9.53 Å². The standard InChI is InChI=1S/C16H33NO2/c1-8-9-10-11-16(6,7)12-17-13(2)14(18)19-15(3,4)5/h13,17H,8-12H2,1-7H3. The molecule has 0 aromatic rings. The van der Waals surface area contributed by atoms with E-state index in [2.05, 4.69) is 26.1 Å². The van der Waals surface area contributed by atoms with Crippen LogP contribution in [0.2, 0.25) is 0 Å². The first kappa shape index (κ1) is 18.4. The Balaban J connectivity index is 4.06. The third-order valence-corrected chi connectivity index (χ3v) is 3.10. The number of unbranched alkanes of at least 4 members (excludes halogenated alkanes) is 2. The largest absolute Gasteiger partial charge is 0.459 e. The summed E-state index contributed by atoms with van der Waals surface area (Å²) < 4.78 is 5.36. The molecule has 0 bridgehead atoms. The molecule has 1 N–H and O–H groups in total. The van der Waals surface area contributed by atoms with Gasteiger partial charge in [0, 0.05) is 6.54 Å². The summed E-state index contributed by atoms with van der Waals surface area (Å²) in [6.07, 6.45) is 4.98. The number of hydrogen-bond acceptors (Lipinski definition) is 3. The molecule has 0 heterocycles. The first-order valence-corrected chi connectivity index (χ1v) is 7.53. The van der Waals surface area contributed by atoms with E-state index < -0.39 is 5.60 Å². The lowest BCUT2D eigenvalue weighted by molar-refractivity contribution is -0.157. The van der Waals surface area contributed by atoms with Crippen molar-refractivity contribution in [2.75, 3.05) is 6.54 Å². The molecule has 0 amide bonds. The maximum atomic E-state index is 11.9. The summed E-state index contributed by atoms with van der Waals surface area (Å²) >= 11 is 0. The minimum atomic E-state index is -0.413. The molecule has 3 heteroatoms. The van der Waals surface area contributed by atoms with Crippen molar-refractivity contribution in [1.82, 2.24) is 5.32 Å². The van der Waals surface area contributed by atoms with Gasteiger partial charge in [0.15, 0.2) is 0 Å². The second-order valence-corrected chi connectivity index (χ2v) is 7.26. The summed E-state index contributed by atoms with van der Waals surface area (Å²) in [5.74, 6) is -0.170. The second kappa shape index (κ2) is 7.88. The van der Waals surface area contributed by atoms with E-state index in [4.69, 9.17) is 4.74 Å². The van der Waals surface area contributed by atoms with Gasteiger partial charge in [0.1, 0.15) is 11.6 Å². The zero-order valence-corrected chi connectivity index (χ0v) is 13.9. The van der Waals surface area contributed by atoms with Crippen molar-refractivity contribution >= 4 is 5.97 Å². The molecule has 0 radical (unpaired) electrons. The number of carbonyl (C=O) groups excluding carboxylic acids is 1. The number of hydrogen-bond donors (Lipinski definition) is 1. The molecule has 0 aromatic carbocycles. The van der Waals surface area contributed by atoms with Crippen molar-refractivity contribution < 1.29 is 9.53 Å². The predicted octanol–water partition coefficient (Wildman–Crippen LogP) is 3.91. The van der Waals surface area contributed by atoms with Crippen LogP contribution in [0.15, 0.2) is 0 Å². The highest BCUT2D eigenvalue weighted by Gasteiger charge is 2.24. The summed E-state index contributed by atoms with van der Waals surface area (Å²) in [5, 5.41) is 3.30. The van der Waals surface area contributed by atoms with Gasteiger partial charge in [-0.05, 0) is 39.5 Å². The fourth-order valence-corrected chi connectivity index (χ4v) is 1.84. The summed E-state index contributed by atoms with van der Waals surface area (Å²) in [4.78, 5) is 11.9. The zero-order chi connectivity index (χ0) is 15.1. The third kappa shape index (κ3) is 9.94. The van der Waals surface area contributed by atoms with Gasteiger partial charge in [-0.2, -0.15) is 0 Å². The summed E-state index contributed by atoms with van der Waals surface area (Å²) in [6, 6.07) is -0.246. The van der Waals surface area contributed by atoms with Crippen LogP contribution in [0.3, 0.4) is 0 Å². The second-order valence-electron chi connectivity index (χ2n) is 7.26. The fourth-order valence-electron chi connectivity index (χ4n) is 1.84. The number of esters is 1. The van der Waals surface area contributed by atoms with Crippen LogP contribution in [0.25, 0.3) is 0 Å². The van der Waals surface area contributed by atoms with Crippen molar-refractivity contribution in [3.05, 3.63) is 0 Å². The summed E-state index contributed by atoms with van der Waals surface area (Å²) in [6.45, 7) is 15.1. The molecule has 1 atom stereocenters. The topological polar surface area (TPSA) is 38.3 Å². The highest BCUT2D eigenvalue weighted by atomic mass is 16.6. The molecule has 19 heavy (non-hydrogen) atoms. The average Bonchev–Trinajstić information content (AvgIpc) is 2.24. The van der Waals surface area contributed by atoms with E-state index in [1.54, 1.807) is 0 Å². The van der Waals surface area contributed by atoms with Gasteiger partial charge in [0.25, 0.3) is 0 Å². The lowest BCUT2D eigenvalue weighted by Gasteiger charge is -2.28. The quantitative estimate of drug-likeness (QED) is 0.537. The first-order chi connectivity index (χ1) is 8.57. The molecule has 114 valence electrons. The molecular weight excluding hydrogens is 238 g/mol. The van der Waals surface area contributed by atoms with E-state index in [9.17, 15) is 4.79 Å². The molecule has 0 saturated carbocycles. The molecule has 0 rings (SSSR count). The van der Waals surface area contributed by atoms with E-state index in [0.29, 0.717) is 0 Å². The van der Waals surface area contributed by atoms with Gasteiger partial charge in [-0.3, -0.25) is 4.79 Å². The van der Waals surface area contributed by atoms with Gasteiger partial charge >= 0.3 is 5.97 Å². The third-order valence-electron chi connectivity index (χ3n) is 3.10. The minimum Gasteiger partial charge on any atom is -0.459 e. The number of rotatable bonds is 8. The average molecular weight is 271 g/mol. The summed E-state index contributed by atoms with van der Waals surface area (Å²) in [7, 11) is 0. The first-order valence-electron chi connectivity index (χ1n) is 7.53. The molecule has 0 spiro atoms. The summed E-state index contributed by atoms with van der Waals surface area (Å²) in [5.41, 5.74) is -0.185. The Bertz CT molecular complexity index is 266. The lowest BCUT2D eigenvalue weighted by Crippen LogP contribution is -2.43. The van der Waals surface area contributed by atoms with Gasteiger partial charge in [0.05, 0.1) is 0 Å². The number of nitrogens with one attached hydrogen (secondary N) is 1. The Morgan fingerprint density at radius 2 is 1.74 bits per heavy atom. The van der Waals surface area contributed by atoms with E-state index in [-0.39, 0.29) is 17.4 Å². The molecule has 0 aliphatic rings. The monoisotopic (exact) mass is 271 g/mol. The highest BCUT2D eigenvalue weighted by Crippen LogP contribution is 2.23. The number of carbonyl (C=O) groups is 1. The Labute approximate surface area is 119 Å².